The number of carboxylic acid groups (broad SMARTS) is 1. The second-order valence-corrected chi connectivity index (χ2v) is 8.34. The number of Topliss-reactive ketones (excluding diaryl/α,β-unsaturated/α-hetero) is 1. The standard InChI is InChI=1S/C24H27F3N2O4/c25-24(26,27)33-22-12-10-17(15-28-22)18(14-23(31)32)13-20(30)7-3-2-6-19-11-9-16-5-1-4-8-21(16)29-19/h9-12,15,18H,1-8,13-14H2,(H,31,32)/t18-/m0/s1. The molecule has 2 aromatic rings. The van der Waals surface area contributed by atoms with Gasteiger partial charge in [-0.2, -0.15) is 0 Å². The van der Waals surface area contributed by atoms with Crippen LogP contribution in [0.4, 0.5) is 13.2 Å². The van der Waals surface area contributed by atoms with E-state index >= 15 is 0 Å². The Labute approximate surface area is 190 Å². The quantitative estimate of drug-likeness (QED) is 0.461. The smallest absolute Gasteiger partial charge is 0.481 e. The molecule has 0 aromatic carbocycles. The number of aryl methyl sites for hydroxylation is 3. The Morgan fingerprint density at radius 2 is 1.85 bits per heavy atom. The van der Waals surface area contributed by atoms with Crippen LogP contribution in [0.2, 0.25) is 0 Å². The summed E-state index contributed by atoms with van der Waals surface area (Å²) >= 11 is 0. The van der Waals surface area contributed by atoms with Gasteiger partial charge in [-0.3, -0.25) is 14.6 Å². The highest BCUT2D eigenvalue weighted by atomic mass is 19.4. The second-order valence-electron chi connectivity index (χ2n) is 8.34. The van der Waals surface area contributed by atoms with Crippen LogP contribution in [0.25, 0.3) is 0 Å². The van der Waals surface area contributed by atoms with Crippen LogP contribution in [-0.4, -0.2) is 33.2 Å². The number of unbranched alkanes of at least 4 members (excludes halogenated alkanes) is 1. The fraction of sp³-hybridized carbons (Fsp3) is 0.500. The average molecular weight is 464 g/mol. The molecule has 0 bridgehead atoms. The van der Waals surface area contributed by atoms with Gasteiger partial charge in [-0.1, -0.05) is 12.1 Å². The molecule has 178 valence electrons. The maximum Gasteiger partial charge on any atom is 0.574 e. The van der Waals surface area contributed by atoms with Crippen molar-refractivity contribution in [3.8, 4) is 5.88 Å². The predicted molar refractivity (Wildman–Crippen MR) is 114 cm³/mol. The highest BCUT2D eigenvalue weighted by Crippen LogP contribution is 2.27. The largest absolute Gasteiger partial charge is 0.574 e. The van der Waals surface area contributed by atoms with Gasteiger partial charge in [-0.05, 0) is 62.1 Å². The van der Waals surface area contributed by atoms with Crippen LogP contribution in [0, 0.1) is 0 Å². The monoisotopic (exact) mass is 464 g/mol. The number of carbonyl (C=O) groups is 2. The third kappa shape index (κ3) is 8.14. The fourth-order valence-corrected chi connectivity index (χ4v) is 4.10. The SMILES string of the molecule is O=C(O)C[C@H](CC(=O)CCCCc1ccc2c(n1)CCCC2)c1ccc(OC(F)(F)F)nc1. The Hall–Kier alpha value is -2.97. The molecule has 2 aromatic heterocycles. The van der Waals surface area contributed by atoms with Crippen LogP contribution >= 0.6 is 0 Å². The number of nitrogens with zero attached hydrogens (tertiary/aromatic N) is 2. The molecule has 3 rings (SSSR count). The number of rotatable bonds is 11. The minimum absolute atomic E-state index is 0.00938. The number of ketones is 1. The first-order chi connectivity index (χ1) is 15.7. The normalized spacial score (nSPS) is 14.4. The number of carbonyl (C=O) groups excluding carboxylic acids is 1. The van der Waals surface area contributed by atoms with Crippen molar-refractivity contribution in [2.75, 3.05) is 0 Å². The van der Waals surface area contributed by atoms with E-state index in [1.54, 1.807) is 0 Å². The van der Waals surface area contributed by atoms with E-state index in [4.69, 9.17) is 4.98 Å². The number of aromatic nitrogens is 2. The minimum Gasteiger partial charge on any atom is -0.481 e. The first kappa shape index (κ1) is 24.7. The summed E-state index contributed by atoms with van der Waals surface area (Å²) in [5.41, 5.74) is 3.93. The van der Waals surface area contributed by atoms with Gasteiger partial charge in [-0.15, -0.1) is 13.2 Å². The van der Waals surface area contributed by atoms with Gasteiger partial charge in [0, 0.05) is 42.4 Å². The highest BCUT2D eigenvalue weighted by molar-refractivity contribution is 5.80. The molecule has 2 heterocycles. The topological polar surface area (TPSA) is 89.4 Å². The van der Waals surface area contributed by atoms with Gasteiger partial charge in [0.1, 0.15) is 5.78 Å². The molecule has 1 N–H and O–H groups in total. The van der Waals surface area contributed by atoms with Gasteiger partial charge in [-0.25, -0.2) is 4.98 Å². The molecule has 0 saturated carbocycles. The zero-order chi connectivity index (χ0) is 23.8. The van der Waals surface area contributed by atoms with E-state index in [9.17, 15) is 27.9 Å². The summed E-state index contributed by atoms with van der Waals surface area (Å²) in [5, 5.41) is 9.18. The molecule has 0 unspecified atom stereocenters. The van der Waals surface area contributed by atoms with Crippen LogP contribution in [0.3, 0.4) is 0 Å². The molecule has 1 atom stereocenters. The van der Waals surface area contributed by atoms with Crippen molar-refractivity contribution in [1.29, 1.82) is 0 Å². The van der Waals surface area contributed by atoms with E-state index in [0.29, 0.717) is 18.4 Å². The first-order valence-electron chi connectivity index (χ1n) is 11.1. The number of pyridine rings is 2. The van der Waals surface area contributed by atoms with E-state index in [0.717, 1.165) is 43.6 Å². The fourth-order valence-electron chi connectivity index (χ4n) is 4.10. The van der Waals surface area contributed by atoms with Gasteiger partial charge < -0.3 is 9.84 Å². The van der Waals surface area contributed by atoms with E-state index in [1.807, 2.05) is 6.07 Å². The highest BCUT2D eigenvalue weighted by Gasteiger charge is 2.32. The van der Waals surface area contributed by atoms with Gasteiger partial charge in [0.15, 0.2) is 0 Å². The van der Waals surface area contributed by atoms with Crippen molar-refractivity contribution in [2.24, 2.45) is 0 Å². The number of alkyl halides is 3. The average Bonchev–Trinajstić information content (AvgIpc) is 2.75. The molecule has 6 nitrogen and oxygen atoms in total. The van der Waals surface area contributed by atoms with E-state index in [2.05, 4.69) is 15.8 Å². The van der Waals surface area contributed by atoms with E-state index in [1.165, 1.54) is 30.2 Å². The maximum atomic E-state index is 12.5. The molecule has 0 saturated heterocycles. The van der Waals surface area contributed by atoms with Gasteiger partial charge in [0.05, 0.1) is 6.42 Å². The van der Waals surface area contributed by atoms with Crippen molar-refractivity contribution in [2.45, 2.75) is 76.5 Å². The maximum absolute atomic E-state index is 12.5. The number of fused-ring (bicyclic) bond motifs is 1. The molecular formula is C24H27F3N2O4. The van der Waals surface area contributed by atoms with E-state index in [-0.39, 0.29) is 18.6 Å². The van der Waals surface area contributed by atoms with Crippen LogP contribution < -0.4 is 4.74 Å². The summed E-state index contributed by atoms with van der Waals surface area (Å²) < 4.78 is 40.6. The third-order valence-electron chi connectivity index (χ3n) is 5.72. The van der Waals surface area contributed by atoms with Crippen LogP contribution in [0.15, 0.2) is 30.5 Å². The number of hydrogen-bond acceptors (Lipinski definition) is 5. The molecule has 0 spiro atoms. The molecule has 1 aliphatic carbocycles. The zero-order valence-electron chi connectivity index (χ0n) is 18.2. The Bertz CT molecular complexity index is 961. The summed E-state index contributed by atoms with van der Waals surface area (Å²) in [6, 6.07) is 6.54. The Morgan fingerprint density at radius 1 is 1.06 bits per heavy atom. The van der Waals surface area contributed by atoms with Crippen molar-refractivity contribution in [1.82, 2.24) is 9.97 Å². The number of ether oxygens (including phenoxy) is 1. The lowest BCUT2D eigenvalue weighted by molar-refractivity contribution is -0.276. The summed E-state index contributed by atoms with van der Waals surface area (Å²) in [4.78, 5) is 32.0. The number of carboxylic acids is 1. The van der Waals surface area contributed by atoms with Gasteiger partial charge in [0.2, 0.25) is 5.88 Å². The molecule has 0 radical (unpaired) electrons. The number of aliphatic carboxylic acids is 1. The van der Waals surface area contributed by atoms with Crippen LogP contribution in [-0.2, 0) is 28.9 Å². The Kier molecular flexibility index (Phi) is 8.41. The zero-order valence-corrected chi connectivity index (χ0v) is 18.2. The first-order valence-corrected chi connectivity index (χ1v) is 11.1. The third-order valence-corrected chi connectivity index (χ3v) is 5.72. The summed E-state index contributed by atoms with van der Waals surface area (Å²) in [6.45, 7) is 0. The lowest BCUT2D eigenvalue weighted by Crippen LogP contribution is -2.18. The Balaban J connectivity index is 1.49. The number of hydrogen-bond donors (Lipinski definition) is 1. The van der Waals surface area contributed by atoms with Crippen LogP contribution in [0.1, 0.15) is 73.4 Å². The Morgan fingerprint density at radius 3 is 2.55 bits per heavy atom. The molecule has 0 fully saturated rings. The lowest BCUT2D eigenvalue weighted by Gasteiger charge is -2.16. The van der Waals surface area contributed by atoms with Gasteiger partial charge >= 0.3 is 12.3 Å². The van der Waals surface area contributed by atoms with Crippen molar-refractivity contribution in [3.05, 3.63) is 53.0 Å². The molecule has 0 amide bonds. The van der Waals surface area contributed by atoms with Crippen molar-refractivity contribution in [3.63, 3.8) is 0 Å². The molecule has 1 aliphatic rings. The second kappa shape index (κ2) is 11.2. The lowest BCUT2D eigenvalue weighted by atomic mass is 9.90. The molecule has 33 heavy (non-hydrogen) atoms. The number of halogens is 3. The summed E-state index contributed by atoms with van der Waals surface area (Å²) in [6.07, 6.45) is 2.98. The molecular weight excluding hydrogens is 437 g/mol. The van der Waals surface area contributed by atoms with E-state index < -0.39 is 24.1 Å². The summed E-state index contributed by atoms with van der Waals surface area (Å²) in [7, 11) is 0. The van der Waals surface area contributed by atoms with Crippen molar-refractivity contribution >= 4 is 11.8 Å². The minimum atomic E-state index is -4.86. The molecule has 9 heteroatoms. The van der Waals surface area contributed by atoms with Gasteiger partial charge in [0.25, 0.3) is 0 Å². The molecule has 0 aliphatic heterocycles. The summed E-state index contributed by atoms with van der Waals surface area (Å²) in [5.74, 6) is -2.48. The predicted octanol–water partition coefficient (Wildman–Crippen LogP) is 5.18. The van der Waals surface area contributed by atoms with Crippen LogP contribution in [0.5, 0.6) is 5.88 Å². The van der Waals surface area contributed by atoms with Crippen molar-refractivity contribution < 1.29 is 32.6 Å².